The van der Waals surface area contributed by atoms with E-state index >= 15 is 0 Å². The Hall–Kier alpha value is 1.67. The summed E-state index contributed by atoms with van der Waals surface area (Å²) in [6.07, 6.45) is 0. The van der Waals surface area contributed by atoms with E-state index in [1.807, 2.05) is 0 Å². The Kier molecular flexibility index (Phi) is 665. The van der Waals surface area contributed by atoms with Crippen molar-refractivity contribution < 1.29 is 124 Å². The van der Waals surface area contributed by atoms with Gasteiger partial charge >= 0.3 is 17.1 Å². The molecule has 0 atom stereocenters. The van der Waals surface area contributed by atoms with Gasteiger partial charge in [0.15, 0.2) is 0 Å². The molecule has 0 saturated heterocycles. The fourth-order valence-corrected chi connectivity index (χ4v) is 0. The molecule has 0 aliphatic rings. The van der Waals surface area contributed by atoms with Crippen molar-refractivity contribution in [2.24, 2.45) is 0 Å². The van der Waals surface area contributed by atoms with Crippen LogP contribution in [0.15, 0.2) is 0 Å². The maximum Gasteiger partial charge on any atom is 2.00 e. The third kappa shape index (κ3) is 1210. The van der Waals surface area contributed by atoms with E-state index in [2.05, 4.69) is 0 Å². The number of hydrogen-bond donors (Lipinski definition) is 0. The summed E-state index contributed by atoms with van der Waals surface area (Å²) in [5, 5.41) is 0. The Labute approximate surface area is 134 Å². The Bertz CT molecular complexity index is 101. The van der Waals surface area contributed by atoms with Crippen molar-refractivity contribution >= 4 is 10.4 Å². The molecule has 0 aliphatic carbocycles. The van der Waals surface area contributed by atoms with Crippen LogP contribution in [0.3, 0.4) is 0 Å². The van der Waals surface area contributed by atoms with E-state index in [0.29, 0.717) is 0 Å². The molecule has 0 saturated carbocycles. The summed E-state index contributed by atoms with van der Waals surface area (Å²) < 4.78 is 34.1. The van der Waals surface area contributed by atoms with Gasteiger partial charge in [-0.25, -0.2) is 0 Å². The zero-order valence-electron chi connectivity index (χ0n) is 6.75. The Morgan fingerprint density at radius 3 is 0.562 bits per heavy atom. The summed E-state index contributed by atoms with van der Waals surface area (Å²) in [4.78, 5) is 0. The largest absolute Gasteiger partial charge is 2.00 e. The topological polar surface area (TPSA) is 301 Å². The first-order valence-electron chi connectivity index (χ1n) is 0.667. The molecule has 11 nitrogen and oxygen atoms in total. The molecule has 0 bridgehead atoms. The third-order valence-corrected chi connectivity index (χ3v) is 0. The molecule has 4 radical (unpaired) electrons. The van der Waals surface area contributed by atoms with Gasteiger partial charge in [0.2, 0.25) is 0 Å². The second-order valence-electron chi connectivity index (χ2n) is 0.408. The van der Waals surface area contributed by atoms with Gasteiger partial charge in [0.1, 0.15) is 0 Å². The van der Waals surface area contributed by atoms with Crippen LogP contribution in [0.5, 0.6) is 0 Å². The van der Waals surface area contributed by atoms with Crippen LogP contribution >= 0.6 is 0 Å². The smallest absolute Gasteiger partial charge is 0.759 e. The first kappa shape index (κ1) is 153. The summed E-state index contributed by atoms with van der Waals surface area (Å²) in [5.41, 5.74) is 0. The van der Waals surface area contributed by atoms with E-state index in [0.717, 1.165) is 0 Å². The van der Waals surface area contributed by atoms with Crippen LogP contribution in [0.1, 0.15) is 0 Å². The van der Waals surface area contributed by atoms with E-state index in [4.69, 9.17) is 17.5 Å². The van der Waals surface area contributed by atoms with Crippen LogP contribution < -0.4 is 0 Å². The van der Waals surface area contributed by atoms with Crippen LogP contribution in [-0.2, 0) is 78.7 Å². The Balaban J connectivity index is -0.00000000145. The SMILES string of the molecule is O.O.O.O.O.O.O.O=S(=O)([O-])[O-].[Cu+2].[Cu].[Cu].[Cu]. The molecular weight excluding hydrogens is 462 g/mol. The summed E-state index contributed by atoms with van der Waals surface area (Å²) >= 11 is 0. The Morgan fingerprint density at radius 2 is 0.562 bits per heavy atom. The molecule has 14 N–H and O–H groups in total. The standard InChI is InChI=1S/4Cu.H2O4S.7H2O/c;;;;1-5(2,3)4;;;;;;;/h;;;;(H2,1,2,3,4);7*1H2/q;;;+2;;;;;;;;/p-2. The maximum atomic E-state index is 8.52. The van der Waals surface area contributed by atoms with Crippen LogP contribution in [-0.4, -0.2) is 55.9 Å². The van der Waals surface area contributed by atoms with Gasteiger partial charge in [-0.3, -0.25) is 8.42 Å². The fraction of sp³-hybridized carbons (Fsp3) is 0. The van der Waals surface area contributed by atoms with E-state index in [9.17, 15) is 0 Å². The minimum Gasteiger partial charge on any atom is -0.759 e. The van der Waals surface area contributed by atoms with Crippen molar-refractivity contribution in [1.29, 1.82) is 0 Å². The number of rotatable bonds is 0. The molecule has 0 spiro atoms. The van der Waals surface area contributed by atoms with E-state index in [1.165, 1.54) is 0 Å². The molecule has 16 heteroatoms. The molecule has 0 rings (SSSR count). The van der Waals surface area contributed by atoms with Gasteiger partial charge < -0.3 is 47.4 Å². The zero-order valence-corrected chi connectivity index (χ0v) is 11.3. The molecular formula is H14Cu4O11S. The first-order valence-corrected chi connectivity index (χ1v) is 2.00. The summed E-state index contributed by atoms with van der Waals surface area (Å²) in [5.74, 6) is 0. The maximum absolute atomic E-state index is 8.52. The molecule has 0 fully saturated rings. The predicted octanol–water partition coefficient (Wildman–Crippen LogP) is -7.12. The summed E-state index contributed by atoms with van der Waals surface area (Å²) in [6, 6.07) is 0. The van der Waals surface area contributed by atoms with Crippen molar-refractivity contribution in [3.05, 3.63) is 0 Å². The minimum atomic E-state index is -5.17. The Morgan fingerprint density at radius 1 is 0.562 bits per heavy atom. The van der Waals surface area contributed by atoms with E-state index in [1.54, 1.807) is 0 Å². The van der Waals surface area contributed by atoms with E-state index < -0.39 is 10.4 Å². The van der Waals surface area contributed by atoms with Gasteiger partial charge in [0, 0.05) is 61.6 Å². The van der Waals surface area contributed by atoms with Crippen molar-refractivity contribution in [3.63, 3.8) is 0 Å². The van der Waals surface area contributed by atoms with Gasteiger partial charge in [-0.2, -0.15) is 0 Å². The first-order chi connectivity index (χ1) is 2.00. The van der Waals surface area contributed by atoms with Crippen molar-refractivity contribution in [2.75, 3.05) is 0 Å². The second-order valence-corrected chi connectivity index (χ2v) is 1.22. The molecule has 0 heterocycles. The molecule has 0 aliphatic heterocycles. The normalized spacial score (nSPS) is 3.62. The molecule has 16 heavy (non-hydrogen) atoms. The van der Waals surface area contributed by atoms with Crippen LogP contribution in [0.4, 0.5) is 0 Å². The quantitative estimate of drug-likeness (QED) is 0.187. The van der Waals surface area contributed by atoms with Gasteiger partial charge in [0.05, 0.1) is 0 Å². The van der Waals surface area contributed by atoms with Crippen molar-refractivity contribution in [2.45, 2.75) is 0 Å². The van der Waals surface area contributed by atoms with Crippen LogP contribution in [0, 0.1) is 0 Å². The van der Waals surface area contributed by atoms with E-state index in [-0.39, 0.29) is 107 Å². The van der Waals surface area contributed by atoms with Crippen molar-refractivity contribution in [3.8, 4) is 0 Å². The number of hydrogen-bond acceptors (Lipinski definition) is 4. The molecule has 0 amide bonds. The zero-order chi connectivity index (χ0) is 4.50. The summed E-state index contributed by atoms with van der Waals surface area (Å²) in [7, 11) is -5.17. The average molecular weight is 476 g/mol. The van der Waals surface area contributed by atoms with Crippen LogP contribution in [0.2, 0.25) is 0 Å². The monoisotopic (exact) mass is 474 g/mol. The molecule has 0 unspecified atom stereocenters. The van der Waals surface area contributed by atoms with Gasteiger partial charge in [0.25, 0.3) is 0 Å². The van der Waals surface area contributed by atoms with Crippen molar-refractivity contribution in [1.82, 2.24) is 0 Å². The molecule has 0 aromatic heterocycles. The molecule has 0 aromatic rings. The summed E-state index contributed by atoms with van der Waals surface area (Å²) in [6.45, 7) is 0. The average Bonchev–Trinajstić information content (AvgIpc) is 0.722. The predicted molar refractivity (Wildman–Crippen MR) is 35.8 cm³/mol. The minimum absolute atomic E-state index is 0. The molecule has 0 aromatic carbocycles. The fourth-order valence-electron chi connectivity index (χ4n) is 0. The molecule has 130 valence electrons. The second kappa shape index (κ2) is 69.6. The van der Waals surface area contributed by atoms with Gasteiger partial charge in [-0.1, -0.05) is 0 Å². The third-order valence-electron chi connectivity index (χ3n) is 0. The van der Waals surface area contributed by atoms with Gasteiger partial charge in [-0.15, -0.1) is 0 Å². The van der Waals surface area contributed by atoms with Gasteiger partial charge in [-0.05, 0) is 0 Å². The van der Waals surface area contributed by atoms with Crippen LogP contribution in [0.25, 0.3) is 0 Å².